The molecule has 0 heteroatoms. The second-order valence-electron chi connectivity index (χ2n) is 0.769. The molecule has 0 aliphatic heterocycles. The van der Waals surface area contributed by atoms with E-state index in [0.29, 0.717) is 0 Å². The fourth-order valence-corrected chi connectivity index (χ4v) is 0.130. The minimum Gasteiger partial charge on any atom is -0.106 e. The SMILES string of the molecule is [C]#CC#CC#CC#C. The second kappa shape index (κ2) is 5.24. The maximum Gasteiger partial charge on any atom is -0.0000000000000321 e. The highest BCUT2D eigenvalue weighted by Gasteiger charge is 1.48. The van der Waals surface area contributed by atoms with Crippen molar-refractivity contribution in [3.8, 4) is 41.9 Å². The lowest BCUT2D eigenvalue weighted by molar-refractivity contribution is 2.38. The van der Waals surface area contributed by atoms with Crippen LogP contribution in [0.1, 0.15) is 0 Å². The Morgan fingerprint density at radius 2 is 1.62 bits per heavy atom. The van der Waals surface area contributed by atoms with Crippen molar-refractivity contribution in [2.75, 3.05) is 0 Å². The van der Waals surface area contributed by atoms with Gasteiger partial charge in [-0.25, -0.2) is 0 Å². The van der Waals surface area contributed by atoms with Crippen molar-refractivity contribution in [1.82, 2.24) is 0 Å². The largest absolute Gasteiger partial charge is 0.106 e. The van der Waals surface area contributed by atoms with Crippen LogP contribution in [0.3, 0.4) is 0 Å². The molecule has 0 aromatic carbocycles. The average Bonchev–Trinajstić information content (AvgIpc) is 1.81. The number of hydrogen-bond donors (Lipinski definition) is 0. The third-order valence-electron chi connectivity index (χ3n) is 0.322. The van der Waals surface area contributed by atoms with Crippen LogP contribution in [0.25, 0.3) is 0 Å². The minimum atomic E-state index is 1.84. The fourth-order valence-electron chi connectivity index (χ4n) is 0.130. The Bertz CT molecular complexity index is 217. The number of terminal acetylenes is 1. The summed E-state index contributed by atoms with van der Waals surface area (Å²) in [6.45, 7) is 0. The molecule has 0 N–H and O–H groups in total. The Kier molecular flexibility index (Phi) is 4.09. The van der Waals surface area contributed by atoms with Crippen LogP contribution < -0.4 is 0 Å². The van der Waals surface area contributed by atoms with Crippen LogP contribution in [0.5, 0.6) is 0 Å². The van der Waals surface area contributed by atoms with E-state index >= 15 is 0 Å². The summed E-state index contributed by atoms with van der Waals surface area (Å²) < 4.78 is 0. The molecular weight excluding hydrogens is 96.1 g/mol. The Hall–Kier alpha value is -1.76. The van der Waals surface area contributed by atoms with E-state index in [2.05, 4.69) is 29.6 Å². The molecule has 8 heavy (non-hydrogen) atoms. The summed E-state index contributed by atoms with van der Waals surface area (Å²) in [5, 5.41) is 0. The van der Waals surface area contributed by atoms with E-state index in [0.717, 1.165) is 0 Å². The Labute approximate surface area is 49.3 Å². The van der Waals surface area contributed by atoms with Crippen LogP contribution in [0.2, 0.25) is 0 Å². The van der Waals surface area contributed by atoms with Crippen LogP contribution in [0.4, 0.5) is 0 Å². The second-order valence-corrected chi connectivity index (χ2v) is 0.769. The summed E-state index contributed by atoms with van der Waals surface area (Å²) >= 11 is 0. The standard InChI is InChI=1S/C8H/c1-3-5-7-8-6-4-2/h1H. The van der Waals surface area contributed by atoms with Crippen molar-refractivity contribution in [2.45, 2.75) is 0 Å². The van der Waals surface area contributed by atoms with Crippen molar-refractivity contribution >= 4 is 0 Å². The molecule has 0 rings (SSSR count). The molecule has 0 aliphatic carbocycles. The van der Waals surface area contributed by atoms with Gasteiger partial charge in [-0.1, -0.05) is 0 Å². The molecule has 0 aromatic heterocycles. The molecule has 0 aliphatic rings. The molecule has 0 fully saturated rings. The van der Waals surface area contributed by atoms with E-state index in [4.69, 9.17) is 12.8 Å². The van der Waals surface area contributed by atoms with Gasteiger partial charge in [0, 0.05) is 0 Å². The first-order valence-corrected chi connectivity index (χ1v) is 1.79. The van der Waals surface area contributed by atoms with Crippen LogP contribution in [-0.4, -0.2) is 0 Å². The van der Waals surface area contributed by atoms with Crippen LogP contribution in [0, 0.1) is 48.4 Å². The summed E-state index contributed by atoms with van der Waals surface area (Å²) in [6.07, 6.45) is 11.0. The lowest BCUT2D eigenvalue weighted by atomic mass is 10.5. The maximum absolute atomic E-state index is 6.30. The first-order valence-electron chi connectivity index (χ1n) is 1.79. The van der Waals surface area contributed by atoms with Crippen molar-refractivity contribution in [2.24, 2.45) is 0 Å². The summed E-state index contributed by atoms with van der Waals surface area (Å²) in [7, 11) is 0. The zero-order valence-electron chi connectivity index (χ0n) is 4.08. The monoisotopic (exact) mass is 97.0 g/mol. The predicted octanol–water partition coefficient (Wildman–Crippen LogP) is 0.216. The van der Waals surface area contributed by atoms with Gasteiger partial charge in [0.2, 0.25) is 0 Å². The van der Waals surface area contributed by atoms with Gasteiger partial charge in [0.15, 0.2) is 0 Å². The van der Waals surface area contributed by atoms with E-state index < -0.39 is 0 Å². The van der Waals surface area contributed by atoms with E-state index in [1.807, 2.05) is 5.92 Å². The molecule has 0 heterocycles. The van der Waals surface area contributed by atoms with E-state index in [-0.39, 0.29) is 0 Å². The molecule has 0 nitrogen and oxygen atoms in total. The zero-order valence-corrected chi connectivity index (χ0v) is 4.08. The summed E-state index contributed by atoms with van der Waals surface area (Å²) in [6, 6.07) is 0. The third-order valence-corrected chi connectivity index (χ3v) is 0.322. The molecule has 0 spiro atoms. The highest BCUT2D eigenvalue weighted by atomic mass is 13.5. The lowest BCUT2D eigenvalue weighted by Gasteiger charge is -1.49. The molecule has 0 saturated heterocycles. The van der Waals surface area contributed by atoms with Gasteiger partial charge in [0.25, 0.3) is 0 Å². The molecule has 0 bridgehead atoms. The van der Waals surface area contributed by atoms with Gasteiger partial charge < -0.3 is 0 Å². The van der Waals surface area contributed by atoms with Gasteiger partial charge >= 0.3 is 0 Å². The van der Waals surface area contributed by atoms with Crippen molar-refractivity contribution in [3.63, 3.8) is 0 Å². The van der Waals surface area contributed by atoms with Crippen molar-refractivity contribution < 1.29 is 0 Å². The van der Waals surface area contributed by atoms with Crippen molar-refractivity contribution in [3.05, 3.63) is 6.42 Å². The van der Waals surface area contributed by atoms with Crippen LogP contribution >= 0.6 is 0 Å². The number of hydrogen-bond acceptors (Lipinski definition) is 0. The summed E-state index contributed by atoms with van der Waals surface area (Å²) in [4.78, 5) is 0. The lowest BCUT2D eigenvalue weighted by Crippen LogP contribution is -1.48. The minimum absolute atomic E-state index is 1.84. The van der Waals surface area contributed by atoms with Crippen LogP contribution in [-0.2, 0) is 0 Å². The van der Waals surface area contributed by atoms with Gasteiger partial charge in [0.05, 0.1) is 0 Å². The normalized spacial score (nSPS) is 3.25. The topological polar surface area (TPSA) is 0 Å². The Morgan fingerprint density at radius 1 is 1.00 bits per heavy atom. The molecule has 0 atom stereocenters. The van der Waals surface area contributed by atoms with E-state index in [1.165, 1.54) is 0 Å². The van der Waals surface area contributed by atoms with Crippen molar-refractivity contribution in [1.29, 1.82) is 0 Å². The number of rotatable bonds is 0. The van der Waals surface area contributed by atoms with Gasteiger partial charge in [-0.2, -0.15) is 0 Å². The molecule has 0 aromatic rings. The molecular formula is C8H. The average molecular weight is 97.1 g/mol. The molecule has 0 unspecified atom stereocenters. The Morgan fingerprint density at radius 3 is 2.12 bits per heavy atom. The smallest absolute Gasteiger partial charge is 0.0000000000000321 e. The molecule has 0 amide bonds. The van der Waals surface area contributed by atoms with E-state index in [9.17, 15) is 0 Å². The first kappa shape index (κ1) is 6.24. The van der Waals surface area contributed by atoms with Gasteiger partial charge in [-0.3, -0.25) is 0 Å². The van der Waals surface area contributed by atoms with Gasteiger partial charge in [-0.15, -0.1) is 6.42 Å². The zero-order chi connectivity index (χ0) is 6.24. The third kappa shape index (κ3) is 4.24. The first-order chi connectivity index (χ1) is 3.91. The molecule has 33 valence electrons. The highest BCUT2D eigenvalue weighted by molar-refractivity contribution is 5.37. The quantitative estimate of drug-likeness (QED) is 0.379. The van der Waals surface area contributed by atoms with Gasteiger partial charge in [0.1, 0.15) is 0 Å². The summed E-state index contributed by atoms with van der Waals surface area (Å²) in [5.41, 5.74) is 0. The van der Waals surface area contributed by atoms with E-state index in [1.54, 1.807) is 0 Å². The maximum atomic E-state index is 6.30. The van der Waals surface area contributed by atoms with Crippen LogP contribution in [0.15, 0.2) is 0 Å². The Balaban J connectivity index is 3.85. The highest BCUT2D eigenvalue weighted by Crippen LogP contribution is 1.49. The summed E-state index contributed by atoms with van der Waals surface area (Å²) in [5.74, 6) is 13.0. The fraction of sp³-hybridized carbons (Fsp3) is 0. The molecule has 1 radical (unpaired) electrons. The predicted molar refractivity (Wildman–Crippen MR) is 31.5 cm³/mol. The molecule has 0 saturated carbocycles. The van der Waals surface area contributed by atoms with Gasteiger partial charge in [-0.05, 0) is 41.9 Å².